The van der Waals surface area contributed by atoms with Crippen LogP contribution in [0.5, 0.6) is 0 Å². The molecule has 2 N–H and O–H groups in total. The zero-order chi connectivity index (χ0) is 28.5. The molecule has 0 aliphatic carbocycles. The fourth-order valence-electron chi connectivity index (χ4n) is 5.51. The molecule has 0 bridgehead atoms. The topological polar surface area (TPSA) is 89.2 Å². The Morgan fingerprint density at radius 3 is 2.46 bits per heavy atom. The Bertz CT molecular complexity index is 1920. The molecule has 2 heterocycles. The van der Waals surface area contributed by atoms with Crippen molar-refractivity contribution in [2.75, 3.05) is 0 Å². The van der Waals surface area contributed by atoms with Gasteiger partial charge in [0.25, 0.3) is 5.91 Å². The Hall–Kier alpha value is -5.17. The number of rotatable bonds is 8. The predicted octanol–water partition coefficient (Wildman–Crippen LogP) is 6.53. The van der Waals surface area contributed by atoms with E-state index in [1.54, 1.807) is 12.1 Å². The number of hydrogen-bond donors (Lipinski definition) is 2. The molecule has 0 fully saturated rings. The number of nitrogens with zero attached hydrogens (tertiary/aromatic N) is 3. The maximum absolute atomic E-state index is 13.2. The van der Waals surface area contributed by atoms with Gasteiger partial charge in [-0.2, -0.15) is 0 Å². The SMILES string of the molecule is CCc1nc2c(C)cc(C(=O)NCc3ccccc3)cc2n1Cc1cccc2c1ccn2-c1ccccc1C(=O)O. The smallest absolute Gasteiger partial charge is 0.337 e. The lowest BCUT2D eigenvalue weighted by Crippen LogP contribution is -2.23. The van der Waals surface area contributed by atoms with E-state index >= 15 is 0 Å². The Morgan fingerprint density at radius 1 is 0.902 bits per heavy atom. The van der Waals surface area contributed by atoms with Crippen LogP contribution < -0.4 is 5.32 Å². The molecule has 6 rings (SSSR count). The van der Waals surface area contributed by atoms with Crippen molar-refractivity contribution in [1.82, 2.24) is 19.4 Å². The number of carbonyl (C=O) groups excluding carboxylic acids is 1. The van der Waals surface area contributed by atoms with Crippen LogP contribution in [0.3, 0.4) is 0 Å². The number of carbonyl (C=O) groups is 2. The van der Waals surface area contributed by atoms with Crippen molar-refractivity contribution in [3.8, 4) is 5.69 Å². The number of benzene rings is 4. The molecule has 0 aliphatic heterocycles. The van der Waals surface area contributed by atoms with Crippen LogP contribution in [-0.4, -0.2) is 31.1 Å². The minimum absolute atomic E-state index is 0.124. The molecule has 204 valence electrons. The molecular formula is C34H30N4O3. The van der Waals surface area contributed by atoms with Crippen molar-refractivity contribution in [3.63, 3.8) is 0 Å². The second kappa shape index (κ2) is 10.8. The van der Waals surface area contributed by atoms with Gasteiger partial charge in [-0.3, -0.25) is 4.79 Å². The van der Waals surface area contributed by atoms with Crippen molar-refractivity contribution >= 4 is 33.8 Å². The summed E-state index contributed by atoms with van der Waals surface area (Å²) in [5.74, 6) is -0.145. The molecule has 6 aromatic rings. The Kier molecular flexibility index (Phi) is 6.85. The van der Waals surface area contributed by atoms with Gasteiger partial charge in [0.15, 0.2) is 0 Å². The maximum Gasteiger partial charge on any atom is 0.337 e. The Morgan fingerprint density at radius 2 is 1.68 bits per heavy atom. The minimum atomic E-state index is -0.963. The fraction of sp³-hybridized carbons (Fsp3) is 0.147. The van der Waals surface area contributed by atoms with Crippen LogP contribution in [0.25, 0.3) is 27.6 Å². The van der Waals surface area contributed by atoms with Gasteiger partial charge in [0.2, 0.25) is 0 Å². The number of para-hydroxylation sites is 1. The number of amides is 1. The van der Waals surface area contributed by atoms with Gasteiger partial charge in [0, 0.05) is 30.1 Å². The van der Waals surface area contributed by atoms with Gasteiger partial charge in [-0.1, -0.05) is 61.5 Å². The first-order chi connectivity index (χ1) is 19.9. The van der Waals surface area contributed by atoms with E-state index in [-0.39, 0.29) is 11.5 Å². The van der Waals surface area contributed by atoms with E-state index < -0.39 is 5.97 Å². The molecule has 0 saturated heterocycles. The molecule has 0 radical (unpaired) electrons. The molecule has 0 atom stereocenters. The van der Waals surface area contributed by atoms with E-state index in [1.165, 1.54) is 0 Å². The molecule has 0 spiro atoms. The molecular weight excluding hydrogens is 512 g/mol. The van der Waals surface area contributed by atoms with Crippen LogP contribution in [0.4, 0.5) is 0 Å². The van der Waals surface area contributed by atoms with Crippen molar-refractivity contribution in [3.05, 3.63) is 131 Å². The molecule has 2 aromatic heterocycles. The number of aromatic nitrogens is 3. The van der Waals surface area contributed by atoms with E-state index in [9.17, 15) is 14.7 Å². The lowest BCUT2D eigenvalue weighted by Gasteiger charge is -2.13. The summed E-state index contributed by atoms with van der Waals surface area (Å²) in [4.78, 5) is 30.0. The molecule has 1 amide bonds. The number of imidazole rings is 1. The number of aryl methyl sites for hydroxylation is 2. The van der Waals surface area contributed by atoms with Crippen molar-refractivity contribution in [1.29, 1.82) is 0 Å². The van der Waals surface area contributed by atoms with Gasteiger partial charge in [0.1, 0.15) is 5.82 Å². The third kappa shape index (κ3) is 4.87. The second-order valence-corrected chi connectivity index (χ2v) is 10.2. The highest BCUT2D eigenvalue weighted by molar-refractivity contribution is 5.98. The molecule has 0 saturated carbocycles. The fourth-order valence-corrected chi connectivity index (χ4v) is 5.51. The second-order valence-electron chi connectivity index (χ2n) is 10.2. The van der Waals surface area contributed by atoms with E-state index in [0.29, 0.717) is 24.3 Å². The highest BCUT2D eigenvalue weighted by Gasteiger charge is 2.18. The van der Waals surface area contributed by atoms with Gasteiger partial charge in [-0.15, -0.1) is 0 Å². The summed E-state index contributed by atoms with van der Waals surface area (Å²) >= 11 is 0. The van der Waals surface area contributed by atoms with Crippen molar-refractivity contribution in [2.45, 2.75) is 33.4 Å². The van der Waals surface area contributed by atoms with Crippen LogP contribution in [-0.2, 0) is 19.5 Å². The molecule has 7 heteroatoms. The first kappa shape index (κ1) is 26.1. The summed E-state index contributed by atoms with van der Waals surface area (Å²) in [6.45, 7) is 5.10. The van der Waals surface area contributed by atoms with Crippen LogP contribution in [0.15, 0.2) is 97.2 Å². The van der Waals surface area contributed by atoms with Gasteiger partial charge in [-0.25, -0.2) is 9.78 Å². The Balaban J connectivity index is 1.39. The summed E-state index contributed by atoms with van der Waals surface area (Å²) in [5, 5.41) is 13.8. The van der Waals surface area contributed by atoms with Crippen LogP contribution in [0.2, 0.25) is 0 Å². The largest absolute Gasteiger partial charge is 0.478 e. The van der Waals surface area contributed by atoms with Gasteiger partial charge in [0.05, 0.1) is 34.3 Å². The standard InChI is InChI=1S/C34H30N4O3/c1-3-31-36-32-22(2)18-25(33(39)35-20-23-10-5-4-6-11-23)19-30(32)38(31)21-24-12-9-15-28-26(24)16-17-37(28)29-14-8-7-13-27(29)34(40)41/h4-19H,3,20-21H2,1-2H3,(H,35,39)(H,40,41). The third-order valence-electron chi connectivity index (χ3n) is 7.54. The van der Waals surface area contributed by atoms with Crippen LogP contribution >= 0.6 is 0 Å². The number of nitrogens with one attached hydrogen (secondary N) is 1. The van der Waals surface area contributed by atoms with Gasteiger partial charge in [-0.05, 0) is 60.0 Å². The average molecular weight is 543 g/mol. The molecule has 41 heavy (non-hydrogen) atoms. The summed E-state index contributed by atoms with van der Waals surface area (Å²) in [6.07, 6.45) is 2.66. The van der Waals surface area contributed by atoms with Crippen LogP contribution in [0, 0.1) is 6.92 Å². The normalized spacial score (nSPS) is 11.3. The Labute approximate surface area is 237 Å². The summed E-state index contributed by atoms with van der Waals surface area (Å²) in [5.41, 5.74) is 7.29. The highest BCUT2D eigenvalue weighted by atomic mass is 16.4. The number of fused-ring (bicyclic) bond motifs is 2. The summed E-state index contributed by atoms with van der Waals surface area (Å²) in [6, 6.07) is 28.8. The van der Waals surface area contributed by atoms with E-state index in [2.05, 4.69) is 22.9 Å². The average Bonchev–Trinajstić information content (AvgIpc) is 3.59. The van der Waals surface area contributed by atoms with Crippen molar-refractivity contribution in [2.24, 2.45) is 0 Å². The van der Waals surface area contributed by atoms with Gasteiger partial charge >= 0.3 is 5.97 Å². The zero-order valence-corrected chi connectivity index (χ0v) is 23.0. The minimum Gasteiger partial charge on any atom is -0.478 e. The number of hydrogen-bond acceptors (Lipinski definition) is 3. The highest BCUT2D eigenvalue weighted by Crippen LogP contribution is 2.29. The summed E-state index contributed by atoms with van der Waals surface area (Å²) < 4.78 is 4.11. The van der Waals surface area contributed by atoms with E-state index in [0.717, 1.165) is 50.9 Å². The third-order valence-corrected chi connectivity index (χ3v) is 7.54. The summed E-state index contributed by atoms with van der Waals surface area (Å²) in [7, 11) is 0. The van der Waals surface area contributed by atoms with E-state index in [4.69, 9.17) is 4.98 Å². The number of aromatic carboxylic acids is 1. The zero-order valence-electron chi connectivity index (χ0n) is 23.0. The quantitative estimate of drug-likeness (QED) is 0.229. The van der Waals surface area contributed by atoms with Gasteiger partial charge < -0.3 is 19.6 Å². The monoisotopic (exact) mass is 542 g/mol. The van der Waals surface area contributed by atoms with Crippen molar-refractivity contribution < 1.29 is 14.7 Å². The molecule has 0 aliphatic rings. The van der Waals surface area contributed by atoms with Crippen LogP contribution in [0.1, 0.15) is 50.2 Å². The lowest BCUT2D eigenvalue weighted by atomic mass is 10.1. The predicted molar refractivity (Wildman–Crippen MR) is 161 cm³/mol. The first-order valence-corrected chi connectivity index (χ1v) is 13.7. The number of carboxylic acid groups (broad SMARTS) is 1. The molecule has 0 unspecified atom stereocenters. The van der Waals surface area contributed by atoms with E-state index in [1.807, 2.05) is 90.5 Å². The first-order valence-electron chi connectivity index (χ1n) is 13.7. The molecule has 4 aromatic carbocycles. The molecule has 7 nitrogen and oxygen atoms in total. The maximum atomic E-state index is 13.2. The number of carboxylic acids is 1. The lowest BCUT2D eigenvalue weighted by molar-refractivity contribution is 0.0696.